The zero-order valence-corrected chi connectivity index (χ0v) is 15.6. The Morgan fingerprint density at radius 1 is 1.31 bits per heavy atom. The van der Waals surface area contributed by atoms with Crippen molar-refractivity contribution in [2.45, 2.75) is 37.9 Å². The van der Waals surface area contributed by atoms with Crippen LogP contribution < -0.4 is 10.9 Å². The predicted octanol–water partition coefficient (Wildman–Crippen LogP) is 2.85. The molecule has 0 radical (unpaired) electrons. The van der Waals surface area contributed by atoms with Gasteiger partial charge >= 0.3 is 0 Å². The van der Waals surface area contributed by atoms with Gasteiger partial charge in [0.2, 0.25) is 5.91 Å². The summed E-state index contributed by atoms with van der Waals surface area (Å²) in [7, 11) is 0. The van der Waals surface area contributed by atoms with Gasteiger partial charge in [-0.3, -0.25) is 9.59 Å². The largest absolute Gasteiger partial charge is 0.469 e. The van der Waals surface area contributed by atoms with E-state index in [2.05, 4.69) is 10.3 Å². The molecule has 0 bridgehead atoms. The molecule has 1 atom stereocenters. The number of hydrogen-bond donors (Lipinski definition) is 1. The Morgan fingerprint density at radius 3 is 2.85 bits per heavy atom. The van der Waals surface area contributed by atoms with E-state index in [1.54, 1.807) is 10.8 Å². The number of benzene rings is 1. The summed E-state index contributed by atoms with van der Waals surface area (Å²) in [6.07, 6.45) is 2.24. The first-order chi connectivity index (χ1) is 12.6. The second-order valence-corrected chi connectivity index (χ2v) is 6.96. The van der Waals surface area contributed by atoms with Gasteiger partial charge in [0.15, 0.2) is 5.03 Å². The lowest BCUT2D eigenvalue weighted by atomic mass is 10.2. The highest BCUT2D eigenvalue weighted by molar-refractivity contribution is 7.99. The van der Waals surface area contributed by atoms with Gasteiger partial charge in [0.25, 0.3) is 5.56 Å². The number of carbonyl (C=O) groups is 1. The van der Waals surface area contributed by atoms with Crippen molar-refractivity contribution in [1.29, 1.82) is 0 Å². The highest BCUT2D eigenvalue weighted by atomic mass is 32.2. The average Bonchev–Trinajstić information content (AvgIpc) is 3.12. The van der Waals surface area contributed by atoms with E-state index in [0.29, 0.717) is 18.0 Å². The van der Waals surface area contributed by atoms with E-state index in [1.807, 2.05) is 50.2 Å². The zero-order chi connectivity index (χ0) is 18.5. The quantitative estimate of drug-likeness (QED) is 0.646. The topological polar surface area (TPSA) is 77.1 Å². The van der Waals surface area contributed by atoms with Gasteiger partial charge in [0, 0.05) is 19.0 Å². The van der Waals surface area contributed by atoms with Crippen LogP contribution in [-0.2, 0) is 17.8 Å². The summed E-state index contributed by atoms with van der Waals surface area (Å²) in [5.41, 5.74) is 1.40. The molecule has 6 nitrogen and oxygen atoms in total. The van der Waals surface area contributed by atoms with E-state index in [4.69, 9.17) is 4.42 Å². The van der Waals surface area contributed by atoms with Gasteiger partial charge in [-0.15, -0.1) is 0 Å². The van der Waals surface area contributed by atoms with Crippen LogP contribution in [0.25, 0.3) is 11.0 Å². The molecule has 0 saturated heterocycles. The number of thioether (sulfide) groups is 1. The fraction of sp³-hybridized carbons (Fsp3) is 0.316. The number of amides is 1. The number of hydrogen-bond acceptors (Lipinski definition) is 5. The van der Waals surface area contributed by atoms with Gasteiger partial charge in [-0.1, -0.05) is 23.9 Å². The normalized spacial score (nSPS) is 12.2. The summed E-state index contributed by atoms with van der Waals surface area (Å²) >= 11 is 1.17. The van der Waals surface area contributed by atoms with Crippen LogP contribution in [0.5, 0.6) is 0 Å². The molecular formula is C19H21N3O3S. The molecule has 0 fully saturated rings. The molecule has 1 aromatic carbocycles. The minimum absolute atomic E-state index is 0.0499. The maximum atomic E-state index is 12.6. The van der Waals surface area contributed by atoms with Crippen molar-refractivity contribution in [2.75, 3.05) is 5.75 Å². The van der Waals surface area contributed by atoms with Crippen molar-refractivity contribution in [3.63, 3.8) is 0 Å². The highest BCUT2D eigenvalue weighted by Gasteiger charge is 2.14. The Hall–Kier alpha value is -2.54. The summed E-state index contributed by atoms with van der Waals surface area (Å²) < 4.78 is 6.97. The third-order valence-electron chi connectivity index (χ3n) is 3.97. The number of nitrogens with one attached hydrogen (secondary N) is 1. The Balaban J connectivity index is 1.66. The van der Waals surface area contributed by atoms with E-state index in [1.165, 1.54) is 11.8 Å². The van der Waals surface area contributed by atoms with Crippen molar-refractivity contribution in [2.24, 2.45) is 0 Å². The number of aromatic nitrogens is 2. The number of para-hydroxylation sites is 2. The van der Waals surface area contributed by atoms with Crippen molar-refractivity contribution in [3.8, 4) is 0 Å². The van der Waals surface area contributed by atoms with Crippen molar-refractivity contribution >= 4 is 28.7 Å². The molecule has 0 aliphatic rings. The van der Waals surface area contributed by atoms with Crippen LogP contribution in [-0.4, -0.2) is 27.3 Å². The molecule has 3 aromatic rings. The third-order valence-corrected chi connectivity index (χ3v) is 4.92. The Morgan fingerprint density at radius 2 is 2.12 bits per heavy atom. The smallest absolute Gasteiger partial charge is 0.283 e. The fourth-order valence-corrected chi connectivity index (χ4v) is 3.56. The number of furan rings is 1. The number of nitrogens with zero attached hydrogens (tertiary/aromatic N) is 2. The predicted molar refractivity (Wildman–Crippen MR) is 102 cm³/mol. The lowest BCUT2D eigenvalue weighted by Crippen LogP contribution is -2.35. The molecule has 7 heteroatoms. The maximum Gasteiger partial charge on any atom is 0.283 e. The van der Waals surface area contributed by atoms with Crippen LogP contribution in [0.15, 0.2) is 56.9 Å². The number of fused-ring (bicyclic) bond motifs is 1. The van der Waals surface area contributed by atoms with Crippen molar-refractivity contribution < 1.29 is 9.21 Å². The standard InChI is InChI=1S/C19H21N3O3S/c1-3-22-16-9-5-4-8-15(16)21-18(19(22)24)26-12-17(23)20-13(2)11-14-7-6-10-25-14/h4-10,13H,3,11-12H2,1-2H3,(H,20,23)/t13-/m0/s1. The molecule has 3 rings (SSSR count). The van der Waals surface area contributed by atoms with E-state index in [0.717, 1.165) is 16.8 Å². The summed E-state index contributed by atoms with van der Waals surface area (Å²) in [4.78, 5) is 29.2. The molecule has 2 heterocycles. The summed E-state index contributed by atoms with van der Waals surface area (Å²) in [5, 5.41) is 3.26. The average molecular weight is 371 g/mol. The third kappa shape index (κ3) is 4.16. The molecule has 26 heavy (non-hydrogen) atoms. The van der Waals surface area contributed by atoms with E-state index in [-0.39, 0.29) is 23.3 Å². The molecule has 0 aliphatic carbocycles. The van der Waals surface area contributed by atoms with Gasteiger partial charge in [0.05, 0.1) is 23.0 Å². The molecule has 136 valence electrons. The molecule has 1 amide bonds. The van der Waals surface area contributed by atoms with Crippen LogP contribution in [0, 0.1) is 0 Å². The first kappa shape index (κ1) is 18.3. The molecule has 0 saturated carbocycles. The van der Waals surface area contributed by atoms with E-state index < -0.39 is 0 Å². The van der Waals surface area contributed by atoms with Crippen LogP contribution in [0.4, 0.5) is 0 Å². The molecule has 0 spiro atoms. The summed E-state index contributed by atoms with van der Waals surface area (Å²) in [6.45, 7) is 4.40. The second kappa shape index (κ2) is 8.23. The van der Waals surface area contributed by atoms with Crippen molar-refractivity contribution in [3.05, 3.63) is 58.8 Å². The van der Waals surface area contributed by atoms with Gasteiger partial charge in [-0.2, -0.15) is 0 Å². The monoisotopic (exact) mass is 371 g/mol. The molecule has 1 N–H and O–H groups in total. The number of rotatable bonds is 7. The first-order valence-corrected chi connectivity index (χ1v) is 9.51. The van der Waals surface area contributed by atoms with Crippen LogP contribution in [0.1, 0.15) is 19.6 Å². The molecule has 2 aromatic heterocycles. The minimum atomic E-state index is -0.160. The number of carbonyl (C=O) groups excluding carboxylic acids is 1. The molecule has 0 unspecified atom stereocenters. The molecular weight excluding hydrogens is 350 g/mol. The number of aryl methyl sites for hydroxylation is 1. The zero-order valence-electron chi connectivity index (χ0n) is 14.8. The lowest BCUT2D eigenvalue weighted by molar-refractivity contribution is -0.119. The maximum absolute atomic E-state index is 12.6. The van der Waals surface area contributed by atoms with Gasteiger partial charge in [-0.05, 0) is 38.1 Å². The fourth-order valence-electron chi connectivity index (χ4n) is 2.81. The Bertz CT molecular complexity index is 950. The van der Waals surface area contributed by atoms with Crippen LogP contribution >= 0.6 is 11.8 Å². The highest BCUT2D eigenvalue weighted by Crippen LogP contribution is 2.16. The van der Waals surface area contributed by atoms with Crippen LogP contribution in [0.3, 0.4) is 0 Å². The Kier molecular flexibility index (Phi) is 5.78. The summed E-state index contributed by atoms with van der Waals surface area (Å²) in [5.74, 6) is 0.839. The second-order valence-electron chi connectivity index (χ2n) is 6.00. The van der Waals surface area contributed by atoms with E-state index >= 15 is 0 Å². The Labute approximate surface area is 155 Å². The first-order valence-electron chi connectivity index (χ1n) is 8.52. The minimum Gasteiger partial charge on any atom is -0.469 e. The van der Waals surface area contributed by atoms with Gasteiger partial charge < -0.3 is 14.3 Å². The summed E-state index contributed by atoms with van der Waals surface area (Å²) in [6, 6.07) is 11.2. The lowest BCUT2D eigenvalue weighted by Gasteiger charge is -2.13. The van der Waals surface area contributed by atoms with E-state index in [9.17, 15) is 9.59 Å². The van der Waals surface area contributed by atoms with Crippen molar-refractivity contribution in [1.82, 2.24) is 14.9 Å². The van der Waals surface area contributed by atoms with Crippen LogP contribution in [0.2, 0.25) is 0 Å². The van der Waals surface area contributed by atoms with Gasteiger partial charge in [0.1, 0.15) is 5.76 Å². The SMILES string of the molecule is CCn1c(=O)c(SCC(=O)N[C@@H](C)Cc2ccco2)nc2ccccc21. The molecule has 0 aliphatic heterocycles. The van der Waals surface area contributed by atoms with Gasteiger partial charge in [-0.25, -0.2) is 4.98 Å².